The van der Waals surface area contributed by atoms with E-state index in [9.17, 15) is 0 Å². The van der Waals surface area contributed by atoms with E-state index in [0.29, 0.717) is 6.04 Å². The number of likely N-dealkylation sites (N-methyl/N-ethyl adjacent to an activating group) is 1. The molecule has 20 heavy (non-hydrogen) atoms. The highest BCUT2D eigenvalue weighted by Gasteiger charge is 2.31. The summed E-state index contributed by atoms with van der Waals surface area (Å²) in [5.74, 6) is 0. The summed E-state index contributed by atoms with van der Waals surface area (Å²) in [5, 5.41) is 12.8. The van der Waals surface area contributed by atoms with Crippen LogP contribution >= 0.6 is 0 Å². The Kier molecular flexibility index (Phi) is 7.20. The molecule has 2 N–H and O–H groups in total. The minimum absolute atomic E-state index is 0.0997. The van der Waals surface area contributed by atoms with Crippen molar-refractivity contribution in [3.8, 4) is 0 Å². The zero-order chi connectivity index (χ0) is 15.0. The van der Waals surface area contributed by atoms with Gasteiger partial charge in [-0.1, -0.05) is 58.0 Å². The maximum atomic E-state index is 9.17. The van der Waals surface area contributed by atoms with Gasteiger partial charge >= 0.3 is 0 Å². The van der Waals surface area contributed by atoms with Crippen molar-refractivity contribution in [2.24, 2.45) is 5.41 Å². The average Bonchev–Trinajstić information content (AvgIpc) is 2.44. The van der Waals surface area contributed by atoms with Crippen molar-refractivity contribution < 1.29 is 5.11 Å². The molecule has 1 rings (SSSR count). The summed E-state index contributed by atoms with van der Waals surface area (Å²) in [6.45, 7) is 12.8. The summed E-state index contributed by atoms with van der Waals surface area (Å²) in [6, 6.07) is 11.0. The SMILES string of the molecule is CCNC(c1ccccc1)C(C)(C)CN(CC)CCO. The van der Waals surface area contributed by atoms with Gasteiger partial charge in [0.25, 0.3) is 0 Å². The molecule has 1 unspecified atom stereocenters. The first kappa shape index (κ1) is 17.2. The molecule has 0 aliphatic rings. The second-order valence-electron chi connectivity index (χ2n) is 5.98. The number of nitrogens with zero attached hydrogens (tertiary/aromatic N) is 1. The van der Waals surface area contributed by atoms with Crippen LogP contribution in [0.25, 0.3) is 0 Å². The molecular weight excluding hydrogens is 248 g/mol. The fraction of sp³-hybridized carbons (Fsp3) is 0.647. The summed E-state index contributed by atoms with van der Waals surface area (Å²) in [4.78, 5) is 2.31. The van der Waals surface area contributed by atoms with Gasteiger partial charge in [0.1, 0.15) is 0 Å². The number of nitrogens with one attached hydrogen (secondary N) is 1. The third-order valence-corrected chi connectivity index (χ3v) is 3.82. The molecule has 1 aromatic carbocycles. The molecule has 3 nitrogen and oxygen atoms in total. The summed E-state index contributed by atoms with van der Waals surface area (Å²) in [5.41, 5.74) is 1.43. The van der Waals surface area contributed by atoms with E-state index in [1.54, 1.807) is 0 Å². The number of hydrogen-bond donors (Lipinski definition) is 2. The first-order valence-corrected chi connectivity index (χ1v) is 7.66. The van der Waals surface area contributed by atoms with Gasteiger partial charge in [-0.15, -0.1) is 0 Å². The molecular formula is C17H30N2O. The van der Waals surface area contributed by atoms with Crippen LogP contribution in [0.15, 0.2) is 30.3 Å². The zero-order valence-corrected chi connectivity index (χ0v) is 13.4. The van der Waals surface area contributed by atoms with E-state index in [-0.39, 0.29) is 12.0 Å². The van der Waals surface area contributed by atoms with Crippen molar-refractivity contribution in [3.63, 3.8) is 0 Å². The molecule has 3 heteroatoms. The monoisotopic (exact) mass is 278 g/mol. The van der Waals surface area contributed by atoms with Gasteiger partial charge in [0.15, 0.2) is 0 Å². The number of aliphatic hydroxyl groups excluding tert-OH is 1. The van der Waals surface area contributed by atoms with Crippen LogP contribution in [-0.4, -0.2) is 42.8 Å². The second kappa shape index (κ2) is 8.40. The van der Waals surface area contributed by atoms with E-state index in [1.165, 1.54) is 5.56 Å². The largest absolute Gasteiger partial charge is 0.395 e. The lowest BCUT2D eigenvalue weighted by atomic mass is 9.79. The second-order valence-corrected chi connectivity index (χ2v) is 5.98. The molecule has 0 saturated carbocycles. The van der Waals surface area contributed by atoms with Crippen LogP contribution < -0.4 is 5.32 Å². The number of hydrogen-bond acceptors (Lipinski definition) is 3. The topological polar surface area (TPSA) is 35.5 Å². The van der Waals surface area contributed by atoms with Gasteiger partial charge in [-0.3, -0.25) is 0 Å². The van der Waals surface area contributed by atoms with Gasteiger partial charge in [0, 0.05) is 19.1 Å². The fourth-order valence-electron chi connectivity index (χ4n) is 2.85. The van der Waals surface area contributed by atoms with Crippen LogP contribution in [0.5, 0.6) is 0 Å². The van der Waals surface area contributed by atoms with E-state index in [1.807, 2.05) is 0 Å². The van der Waals surface area contributed by atoms with E-state index < -0.39 is 0 Å². The van der Waals surface area contributed by atoms with Gasteiger partial charge in [0.05, 0.1) is 6.61 Å². The Balaban J connectivity index is 2.88. The van der Waals surface area contributed by atoms with Crippen LogP contribution in [0.1, 0.15) is 39.3 Å². The highest BCUT2D eigenvalue weighted by atomic mass is 16.3. The molecule has 0 radical (unpaired) electrons. The molecule has 0 aliphatic heterocycles. The van der Waals surface area contributed by atoms with Crippen LogP contribution in [0, 0.1) is 5.41 Å². The molecule has 0 amide bonds. The Morgan fingerprint density at radius 3 is 2.35 bits per heavy atom. The lowest BCUT2D eigenvalue weighted by molar-refractivity contribution is 0.120. The summed E-state index contributed by atoms with van der Waals surface area (Å²) < 4.78 is 0. The average molecular weight is 278 g/mol. The Hall–Kier alpha value is -0.900. The molecule has 0 heterocycles. The van der Waals surface area contributed by atoms with E-state index in [2.05, 4.69) is 68.2 Å². The molecule has 0 aliphatic carbocycles. The van der Waals surface area contributed by atoms with Gasteiger partial charge < -0.3 is 15.3 Å². The van der Waals surface area contributed by atoms with Crippen molar-refractivity contribution in [1.82, 2.24) is 10.2 Å². The summed E-state index contributed by atoms with van der Waals surface area (Å²) in [6.07, 6.45) is 0. The Bertz CT molecular complexity index is 365. The van der Waals surface area contributed by atoms with Crippen LogP contribution in [0.2, 0.25) is 0 Å². The Labute approximate surface area is 124 Å². The van der Waals surface area contributed by atoms with Gasteiger partial charge in [0.2, 0.25) is 0 Å². The van der Waals surface area contributed by atoms with Crippen molar-refractivity contribution in [3.05, 3.63) is 35.9 Å². The van der Waals surface area contributed by atoms with E-state index >= 15 is 0 Å². The highest BCUT2D eigenvalue weighted by Crippen LogP contribution is 2.34. The number of benzene rings is 1. The van der Waals surface area contributed by atoms with Gasteiger partial charge in [-0.2, -0.15) is 0 Å². The normalized spacial score (nSPS) is 13.7. The lowest BCUT2D eigenvalue weighted by Gasteiger charge is -2.39. The Morgan fingerprint density at radius 2 is 1.85 bits per heavy atom. The molecule has 0 aromatic heterocycles. The summed E-state index contributed by atoms with van der Waals surface area (Å²) in [7, 11) is 0. The Morgan fingerprint density at radius 1 is 1.20 bits per heavy atom. The van der Waals surface area contributed by atoms with Crippen LogP contribution in [0.3, 0.4) is 0 Å². The third-order valence-electron chi connectivity index (χ3n) is 3.82. The highest BCUT2D eigenvalue weighted by molar-refractivity contribution is 5.21. The molecule has 114 valence electrons. The molecule has 0 bridgehead atoms. The maximum absolute atomic E-state index is 9.17. The van der Waals surface area contributed by atoms with Crippen molar-refractivity contribution in [1.29, 1.82) is 0 Å². The van der Waals surface area contributed by atoms with Gasteiger partial charge in [-0.25, -0.2) is 0 Å². The van der Waals surface area contributed by atoms with Crippen LogP contribution in [-0.2, 0) is 0 Å². The van der Waals surface area contributed by atoms with E-state index in [0.717, 1.165) is 26.2 Å². The third kappa shape index (κ3) is 4.89. The first-order chi connectivity index (χ1) is 9.55. The summed E-state index contributed by atoms with van der Waals surface area (Å²) >= 11 is 0. The minimum Gasteiger partial charge on any atom is -0.395 e. The lowest BCUT2D eigenvalue weighted by Crippen LogP contribution is -2.43. The predicted molar refractivity (Wildman–Crippen MR) is 85.8 cm³/mol. The minimum atomic E-state index is 0.0997. The molecule has 0 saturated heterocycles. The quantitative estimate of drug-likeness (QED) is 0.729. The van der Waals surface area contributed by atoms with Crippen molar-refractivity contribution >= 4 is 0 Å². The molecule has 0 fully saturated rings. The maximum Gasteiger partial charge on any atom is 0.0558 e. The molecule has 1 aromatic rings. The van der Waals surface area contributed by atoms with Crippen molar-refractivity contribution in [2.75, 3.05) is 32.8 Å². The smallest absolute Gasteiger partial charge is 0.0558 e. The molecule has 0 spiro atoms. The first-order valence-electron chi connectivity index (χ1n) is 7.66. The number of aliphatic hydroxyl groups is 1. The molecule has 1 atom stereocenters. The standard InChI is InChI=1S/C17H30N2O/c1-5-18-16(15-10-8-7-9-11-15)17(3,4)14-19(6-2)12-13-20/h7-11,16,18,20H,5-6,12-14H2,1-4H3. The van der Waals surface area contributed by atoms with Crippen LogP contribution in [0.4, 0.5) is 0 Å². The van der Waals surface area contributed by atoms with E-state index in [4.69, 9.17) is 5.11 Å². The fourth-order valence-corrected chi connectivity index (χ4v) is 2.85. The predicted octanol–water partition coefficient (Wildman–Crippen LogP) is 2.68. The van der Waals surface area contributed by atoms with Gasteiger partial charge in [-0.05, 0) is 24.1 Å². The van der Waals surface area contributed by atoms with Crippen molar-refractivity contribution in [2.45, 2.75) is 33.7 Å². The zero-order valence-electron chi connectivity index (χ0n) is 13.4. The number of rotatable bonds is 9.